The molecule has 4 heteroatoms. The Labute approximate surface area is 93.5 Å². The predicted molar refractivity (Wildman–Crippen MR) is 58.1 cm³/mol. The minimum absolute atomic E-state index is 0.0742. The molecule has 16 heavy (non-hydrogen) atoms. The summed E-state index contributed by atoms with van der Waals surface area (Å²) in [5.41, 5.74) is 0.725. The van der Waals surface area contributed by atoms with Crippen molar-refractivity contribution in [3.8, 4) is 18.1 Å². The van der Waals surface area contributed by atoms with Crippen LogP contribution < -0.4 is 4.74 Å². The summed E-state index contributed by atoms with van der Waals surface area (Å²) in [6.45, 7) is 0.192. The topological polar surface area (TPSA) is 66.8 Å². The van der Waals surface area contributed by atoms with E-state index in [-0.39, 0.29) is 13.0 Å². The second-order valence-electron chi connectivity index (χ2n) is 3.19. The third kappa shape index (κ3) is 3.64. The summed E-state index contributed by atoms with van der Waals surface area (Å²) in [6.07, 6.45) is 3.73. The summed E-state index contributed by atoms with van der Waals surface area (Å²) in [7, 11) is 0. The lowest BCUT2D eigenvalue weighted by atomic mass is 10.1. The van der Waals surface area contributed by atoms with Crippen molar-refractivity contribution in [2.24, 2.45) is 0 Å². The van der Waals surface area contributed by atoms with Gasteiger partial charge in [0.25, 0.3) is 0 Å². The second kappa shape index (κ2) is 5.79. The highest BCUT2D eigenvalue weighted by atomic mass is 16.5. The Balaban J connectivity index is 2.58. The summed E-state index contributed by atoms with van der Waals surface area (Å²) in [5, 5.41) is 17.7. The van der Waals surface area contributed by atoms with E-state index in [2.05, 4.69) is 5.92 Å². The first-order valence-electron chi connectivity index (χ1n) is 4.69. The van der Waals surface area contributed by atoms with Gasteiger partial charge in [0, 0.05) is 6.42 Å². The van der Waals surface area contributed by atoms with Crippen molar-refractivity contribution in [2.75, 3.05) is 6.61 Å². The molecule has 0 amide bonds. The molecule has 0 saturated carbocycles. The second-order valence-corrected chi connectivity index (χ2v) is 3.19. The average molecular weight is 220 g/mol. The molecule has 0 saturated heterocycles. The predicted octanol–water partition coefficient (Wildman–Crippen LogP) is 0.687. The molecule has 0 aliphatic rings. The molecule has 0 spiro atoms. The van der Waals surface area contributed by atoms with E-state index in [0.717, 1.165) is 5.56 Å². The zero-order chi connectivity index (χ0) is 12.0. The lowest BCUT2D eigenvalue weighted by molar-refractivity contribution is -0.146. The van der Waals surface area contributed by atoms with Crippen LogP contribution >= 0.6 is 0 Å². The number of ether oxygens (including phenoxy) is 1. The largest absolute Gasteiger partial charge is 0.481 e. The summed E-state index contributed by atoms with van der Waals surface area (Å²) < 4.78 is 5.15. The smallest absolute Gasteiger partial charge is 0.332 e. The molecule has 2 N–H and O–H groups in total. The third-order valence-corrected chi connectivity index (χ3v) is 1.96. The van der Waals surface area contributed by atoms with Crippen LogP contribution in [-0.2, 0) is 11.2 Å². The highest BCUT2D eigenvalue weighted by Crippen LogP contribution is 2.13. The number of aliphatic hydroxyl groups excluding tert-OH is 1. The van der Waals surface area contributed by atoms with Crippen molar-refractivity contribution in [1.29, 1.82) is 0 Å². The number of aliphatic carboxylic acids is 1. The molecule has 0 aliphatic heterocycles. The summed E-state index contributed by atoms with van der Waals surface area (Å²) in [5.74, 6) is 1.73. The van der Waals surface area contributed by atoms with Gasteiger partial charge in [0.1, 0.15) is 12.4 Å². The monoisotopic (exact) mass is 220 g/mol. The fourth-order valence-corrected chi connectivity index (χ4v) is 1.16. The maximum atomic E-state index is 10.4. The number of terminal acetylenes is 1. The third-order valence-electron chi connectivity index (χ3n) is 1.96. The first-order valence-corrected chi connectivity index (χ1v) is 4.69. The number of hydrogen-bond donors (Lipinski definition) is 2. The van der Waals surface area contributed by atoms with Gasteiger partial charge in [0.05, 0.1) is 0 Å². The van der Waals surface area contributed by atoms with Crippen LogP contribution in [0.15, 0.2) is 24.3 Å². The Morgan fingerprint density at radius 3 is 2.56 bits per heavy atom. The molecule has 0 fully saturated rings. The van der Waals surface area contributed by atoms with Crippen molar-refractivity contribution in [3.63, 3.8) is 0 Å². The number of benzene rings is 1. The van der Waals surface area contributed by atoms with Crippen LogP contribution in [0.2, 0.25) is 0 Å². The van der Waals surface area contributed by atoms with Crippen molar-refractivity contribution >= 4 is 5.97 Å². The molecule has 84 valence electrons. The standard InChI is InChI=1S/C12H12O4/c1-2-7-16-10-5-3-9(4-6-10)8-11(13)12(14)15/h1,3-6,11,13H,7-8H2,(H,14,15)/t11-/m0/s1. The summed E-state index contributed by atoms with van der Waals surface area (Å²) >= 11 is 0. The van der Waals surface area contributed by atoms with Crippen molar-refractivity contribution in [3.05, 3.63) is 29.8 Å². The van der Waals surface area contributed by atoms with Gasteiger partial charge >= 0.3 is 5.97 Å². The fourth-order valence-electron chi connectivity index (χ4n) is 1.16. The van der Waals surface area contributed by atoms with E-state index in [1.54, 1.807) is 24.3 Å². The maximum absolute atomic E-state index is 10.4. The molecule has 0 bridgehead atoms. The van der Waals surface area contributed by atoms with Gasteiger partial charge in [-0.15, -0.1) is 6.42 Å². The first-order chi connectivity index (χ1) is 7.63. The maximum Gasteiger partial charge on any atom is 0.332 e. The normalized spacial score (nSPS) is 11.5. The van der Waals surface area contributed by atoms with Gasteiger partial charge in [-0.1, -0.05) is 18.1 Å². The zero-order valence-electron chi connectivity index (χ0n) is 8.59. The van der Waals surface area contributed by atoms with Crippen LogP contribution in [0.5, 0.6) is 5.75 Å². The molecule has 0 aromatic heterocycles. The zero-order valence-corrected chi connectivity index (χ0v) is 8.59. The fraction of sp³-hybridized carbons (Fsp3) is 0.250. The van der Waals surface area contributed by atoms with Gasteiger partial charge in [0.2, 0.25) is 0 Å². The lowest BCUT2D eigenvalue weighted by Crippen LogP contribution is -2.21. The van der Waals surface area contributed by atoms with E-state index in [9.17, 15) is 4.79 Å². The molecular formula is C12H12O4. The van der Waals surface area contributed by atoms with Gasteiger partial charge in [-0.25, -0.2) is 4.79 Å². The number of rotatable bonds is 5. The molecule has 1 atom stereocenters. The molecule has 1 aromatic carbocycles. The average Bonchev–Trinajstić information content (AvgIpc) is 2.28. The molecule has 0 heterocycles. The Morgan fingerprint density at radius 1 is 1.44 bits per heavy atom. The molecule has 1 rings (SSSR count). The summed E-state index contributed by atoms with van der Waals surface area (Å²) in [4.78, 5) is 10.4. The van der Waals surface area contributed by atoms with E-state index in [1.165, 1.54) is 0 Å². The quantitative estimate of drug-likeness (QED) is 0.716. The van der Waals surface area contributed by atoms with Crippen molar-refractivity contribution < 1.29 is 19.7 Å². The summed E-state index contributed by atoms with van der Waals surface area (Å²) in [6, 6.07) is 6.75. The van der Waals surface area contributed by atoms with E-state index in [0.29, 0.717) is 5.75 Å². The van der Waals surface area contributed by atoms with Crippen molar-refractivity contribution in [1.82, 2.24) is 0 Å². The number of carbonyl (C=O) groups is 1. The Morgan fingerprint density at radius 2 is 2.06 bits per heavy atom. The lowest BCUT2D eigenvalue weighted by Gasteiger charge is -2.06. The molecule has 0 radical (unpaired) electrons. The molecule has 4 nitrogen and oxygen atoms in total. The minimum Gasteiger partial charge on any atom is -0.481 e. The Kier molecular flexibility index (Phi) is 4.37. The number of aliphatic hydroxyl groups is 1. The van der Waals surface area contributed by atoms with Gasteiger partial charge in [-0.2, -0.15) is 0 Å². The van der Waals surface area contributed by atoms with Gasteiger partial charge in [0.15, 0.2) is 6.10 Å². The number of carboxylic acid groups (broad SMARTS) is 1. The number of carboxylic acids is 1. The molecular weight excluding hydrogens is 208 g/mol. The van der Waals surface area contributed by atoms with Crippen LogP contribution in [0.1, 0.15) is 5.56 Å². The van der Waals surface area contributed by atoms with E-state index >= 15 is 0 Å². The van der Waals surface area contributed by atoms with E-state index < -0.39 is 12.1 Å². The SMILES string of the molecule is C#CCOc1ccc(C[C@H](O)C(=O)O)cc1. The molecule has 0 unspecified atom stereocenters. The van der Waals surface area contributed by atoms with Crippen LogP contribution in [0, 0.1) is 12.3 Å². The van der Waals surface area contributed by atoms with Crippen LogP contribution in [0.3, 0.4) is 0 Å². The van der Waals surface area contributed by atoms with Crippen molar-refractivity contribution in [2.45, 2.75) is 12.5 Å². The van der Waals surface area contributed by atoms with Gasteiger partial charge < -0.3 is 14.9 Å². The van der Waals surface area contributed by atoms with Gasteiger partial charge in [-0.3, -0.25) is 0 Å². The Bertz CT molecular complexity index is 388. The number of hydrogen-bond acceptors (Lipinski definition) is 3. The van der Waals surface area contributed by atoms with E-state index in [4.69, 9.17) is 21.4 Å². The highest BCUT2D eigenvalue weighted by molar-refractivity contribution is 5.72. The van der Waals surface area contributed by atoms with Gasteiger partial charge in [-0.05, 0) is 17.7 Å². The molecule has 0 aliphatic carbocycles. The minimum atomic E-state index is -1.38. The van der Waals surface area contributed by atoms with Crippen LogP contribution in [0.4, 0.5) is 0 Å². The van der Waals surface area contributed by atoms with Crippen LogP contribution in [-0.4, -0.2) is 28.9 Å². The van der Waals surface area contributed by atoms with Crippen LogP contribution in [0.25, 0.3) is 0 Å². The molecule has 1 aromatic rings. The van der Waals surface area contributed by atoms with E-state index in [1.807, 2.05) is 0 Å². The Hall–Kier alpha value is -1.99. The highest BCUT2D eigenvalue weighted by Gasteiger charge is 2.13. The first kappa shape index (κ1) is 12.1.